The summed E-state index contributed by atoms with van der Waals surface area (Å²) in [5.74, 6) is 0.249. The highest BCUT2D eigenvalue weighted by Gasteiger charge is 2.33. The molecule has 0 aliphatic carbocycles. The Kier molecular flexibility index (Phi) is 6.58. The van der Waals surface area contributed by atoms with E-state index >= 15 is 0 Å². The first kappa shape index (κ1) is 21.4. The van der Waals surface area contributed by atoms with Crippen molar-refractivity contribution >= 4 is 52.2 Å². The molecule has 1 aliphatic heterocycles. The van der Waals surface area contributed by atoms with Gasteiger partial charge in [-0.1, -0.05) is 54.1 Å². The molecule has 0 radical (unpaired) electrons. The van der Waals surface area contributed by atoms with Gasteiger partial charge in [0, 0.05) is 14.2 Å². The Morgan fingerprint density at radius 2 is 1.61 bits per heavy atom. The Morgan fingerprint density at radius 3 is 2.35 bits per heavy atom. The summed E-state index contributed by atoms with van der Waals surface area (Å²) in [6, 6.07) is 22.1. The third kappa shape index (κ3) is 5.26. The molecule has 1 saturated heterocycles. The lowest BCUT2D eigenvalue weighted by molar-refractivity contribution is -0.123. The molecule has 1 N–H and O–H groups in total. The molecule has 0 atom stereocenters. The zero-order valence-electron chi connectivity index (χ0n) is 16.3. The van der Waals surface area contributed by atoms with E-state index in [-0.39, 0.29) is 18.1 Å². The van der Waals surface area contributed by atoms with Crippen molar-refractivity contribution < 1.29 is 14.3 Å². The Balaban J connectivity index is 1.50. The first-order valence-electron chi connectivity index (χ1n) is 9.55. The number of hydrogen-bond acceptors (Lipinski definition) is 3. The molecule has 0 spiro atoms. The van der Waals surface area contributed by atoms with Gasteiger partial charge in [-0.15, -0.1) is 0 Å². The number of halogens is 2. The van der Waals surface area contributed by atoms with Crippen LogP contribution in [0.4, 0.5) is 4.79 Å². The van der Waals surface area contributed by atoms with Crippen molar-refractivity contribution in [3.63, 3.8) is 0 Å². The van der Waals surface area contributed by atoms with Crippen molar-refractivity contribution in [2.24, 2.45) is 0 Å². The molecule has 3 aromatic rings. The zero-order valence-corrected chi connectivity index (χ0v) is 19.3. The number of benzene rings is 3. The molecule has 3 amide bonds. The number of imide groups is 1. The molecular formula is C24H18ClIN2O3. The molecular weight excluding hydrogens is 527 g/mol. The number of amides is 3. The van der Waals surface area contributed by atoms with E-state index in [1.165, 1.54) is 4.90 Å². The van der Waals surface area contributed by atoms with E-state index < -0.39 is 6.03 Å². The third-order valence-electron chi connectivity index (χ3n) is 4.74. The first-order chi connectivity index (χ1) is 15.0. The lowest BCUT2D eigenvalue weighted by Gasteiger charge is -2.12. The lowest BCUT2D eigenvalue weighted by atomic mass is 10.1. The number of rotatable bonds is 6. The lowest BCUT2D eigenvalue weighted by Crippen LogP contribution is -2.30. The van der Waals surface area contributed by atoms with Crippen LogP contribution in [-0.2, 0) is 17.9 Å². The Morgan fingerprint density at radius 1 is 0.935 bits per heavy atom. The molecule has 1 heterocycles. The van der Waals surface area contributed by atoms with Crippen LogP contribution in [0.1, 0.15) is 16.7 Å². The van der Waals surface area contributed by atoms with Crippen LogP contribution < -0.4 is 10.1 Å². The number of carbonyl (C=O) groups is 2. The highest BCUT2D eigenvalue weighted by Crippen LogP contribution is 2.24. The van der Waals surface area contributed by atoms with Crippen LogP contribution in [0.2, 0.25) is 5.02 Å². The molecule has 0 saturated carbocycles. The Hall–Kier alpha value is -2.84. The van der Waals surface area contributed by atoms with Crippen LogP contribution in [0, 0.1) is 3.57 Å². The van der Waals surface area contributed by atoms with E-state index in [0.717, 1.165) is 14.7 Å². The summed E-state index contributed by atoms with van der Waals surface area (Å²) in [6.45, 7) is 0.574. The van der Waals surface area contributed by atoms with Gasteiger partial charge in [-0.2, -0.15) is 0 Å². The summed E-state index contributed by atoms with van der Waals surface area (Å²) < 4.78 is 7.13. The second-order valence-corrected chi connectivity index (χ2v) is 8.64. The number of nitrogens with zero attached hydrogens (tertiary/aromatic N) is 1. The second kappa shape index (κ2) is 9.53. The van der Waals surface area contributed by atoms with E-state index in [2.05, 4.69) is 27.9 Å². The summed E-state index contributed by atoms with van der Waals surface area (Å²) in [4.78, 5) is 26.4. The van der Waals surface area contributed by atoms with Crippen LogP contribution in [-0.4, -0.2) is 16.8 Å². The van der Waals surface area contributed by atoms with Gasteiger partial charge >= 0.3 is 6.03 Å². The molecule has 1 fully saturated rings. The SMILES string of the molecule is O=C1N/C(=C\c2ccccc2OCc2ccc(I)cc2)C(=O)N1Cc1ccc(Cl)cc1. The molecule has 0 aromatic heterocycles. The van der Waals surface area contributed by atoms with E-state index in [0.29, 0.717) is 22.9 Å². The predicted molar refractivity (Wildman–Crippen MR) is 128 cm³/mol. The van der Waals surface area contributed by atoms with Crippen LogP contribution in [0.5, 0.6) is 5.75 Å². The molecule has 1 aliphatic rings. The molecule has 31 heavy (non-hydrogen) atoms. The van der Waals surface area contributed by atoms with Gasteiger partial charge in [-0.05, 0) is 70.1 Å². The second-order valence-electron chi connectivity index (χ2n) is 6.96. The average molecular weight is 545 g/mol. The van der Waals surface area contributed by atoms with Crippen molar-refractivity contribution in [3.05, 3.63) is 104 Å². The number of para-hydroxylation sites is 1. The molecule has 156 valence electrons. The zero-order chi connectivity index (χ0) is 21.8. The normalized spacial score (nSPS) is 14.8. The summed E-state index contributed by atoms with van der Waals surface area (Å²) in [7, 11) is 0. The van der Waals surface area contributed by atoms with Crippen molar-refractivity contribution in [1.29, 1.82) is 0 Å². The summed E-state index contributed by atoms with van der Waals surface area (Å²) in [6.07, 6.45) is 1.64. The van der Waals surface area contributed by atoms with Gasteiger partial charge in [0.15, 0.2) is 0 Å². The molecule has 0 bridgehead atoms. The largest absolute Gasteiger partial charge is 0.488 e. The summed E-state index contributed by atoms with van der Waals surface area (Å²) in [5.41, 5.74) is 2.78. The molecule has 4 rings (SSSR count). The maximum absolute atomic E-state index is 12.8. The molecule has 5 nitrogen and oxygen atoms in total. The molecule has 3 aromatic carbocycles. The topological polar surface area (TPSA) is 58.6 Å². The Bertz CT molecular complexity index is 1140. The van der Waals surface area contributed by atoms with Gasteiger partial charge in [0.2, 0.25) is 0 Å². The number of carbonyl (C=O) groups excluding carboxylic acids is 2. The minimum Gasteiger partial charge on any atom is -0.488 e. The van der Waals surface area contributed by atoms with E-state index in [9.17, 15) is 9.59 Å². The van der Waals surface area contributed by atoms with Crippen LogP contribution >= 0.6 is 34.2 Å². The quantitative estimate of drug-likeness (QED) is 0.249. The minimum absolute atomic E-state index is 0.171. The van der Waals surface area contributed by atoms with Crippen molar-refractivity contribution in [3.8, 4) is 5.75 Å². The number of hydrogen-bond donors (Lipinski definition) is 1. The van der Waals surface area contributed by atoms with Gasteiger partial charge in [0.25, 0.3) is 5.91 Å². The van der Waals surface area contributed by atoms with Crippen molar-refractivity contribution in [2.45, 2.75) is 13.2 Å². The van der Waals surface area contributed by atoms with Gasteiger partial charge in [0.1, 0.15) is 18.1 Å². The Labute approximate surface area is 198 Å². The smallest absolute Gasteiger partial charge is 0.329 e. The van der Waals surface area contributed by atoms with Gasteiger partial charge < -0.3 is 10.1 Å². The predicted octanol–water partition coefficient (Wildman–Crippen LogP) is 5.62. The number of ether oxygens (including phenoxy) is 1. The van der Waals surface area contributed by atoms with E-state index in [1.807, 2.05) is 48.5 Å². The first-order valence-corrected chi connectivity index (χ1v) is 11.0. The number of nitrogens with one attached hydrogen (secondary N) is 1. The van der Waals surface area contributed by atoms with Crippen LogP contribution in [0.3, 0.4) is 0 Å². The number of urea groups is 1. The summed E-state index contributed by atoms with van der Waals surface area (Å²) in [5, 5.41) is 3.26. The highest BCUT2D eigenvalue weighted by atomic mass is 127. The average Bonchev–Trinajstić information content (AvgIpc) is 3.03. The fraction of sp³-hybridized carbons (Fsp3) is 0.0833. The van der Waals surface area contributed by atoms with Crippen LogP contribution in [0.25, 0.3) is 6.08 Å². The molecule has 0 unspecified atom stereocenters. The fourth-order valence-corrected chi connectivity index (χ4v) is 3.60. The van der Waals surface area contributed by atoms with Gasteiger partial charge in [-0.3, -0.25) is 9.69 Å². The van der Waals surface area contributed by atoms with E-state index in [1.54, 1.807) is 30.3 Å². The van der Waals surface area contributed by atoms with E-state index in [4.69, 9.17) is 16.3 Å². The maximum atomic E-state index is 12.8. The van der Waals surface area contributed by atoms with Gasteiger partial charge in [-0.25, -0.2) is 4.79 Å². The van der Waals surface area contributed by atoms with Crippen molar-refractivity contribution in [2.75, 3.05) is 0 Å². The van der Waals surface area contributed by atoms with Crippen LogP contribution in [0.15, 0.2) is 78.5 Å². The monoisotopic (exact) mass is 544 g/mol. The fourth-order valence-electron chi connectivity index (χ4n) is 3.12. The summed E-state index contributed by atoms with van der Waals surface area (Å²) >= 11 is 8.16. The minimum atomic E-state index is -0.455. The standard InChI is InChI=1S/C24H18ClIN2O3/c25-19-9-5-16(6-10-19)14-28-23(29)21(27-24(28)30)13-18-3-1-2-4-22(18)31-15-17-7-11-20(26)12-8-17/h1-13H,14-15H2,(H,27,30)/b21-13-. The van der Waals surface area contributed by atoms with Gasteiger partial charge in [0.05, 0.1) is 6.54 Å². The van der Waals surface area contributed by atoms with Crippen molar-refractivity contribution in [1.82, 2.24) is 10.2 Å². The maximum Gasteiger partial charge on any atom is 0.329 e. The third-order valence-corrected chi connectivity index (χ3v) is 5.71. The highest BCUT2D eigenvalue weighted by molar-refractivity contribution is 14.1. The molecule has 7 heteroatoms.